The monoisotopic (exact) mass is 261 g/mol. The summed E-state index contributed by atoms with van der Waals surface area (Å²) < 4.78 is 0. The number of fused-ring (bicyclic) bond motifs is 2. The summed E-state index contributed by atoms with van der Waals surface area (Å²) in [5.41, 5.74) is 1.47. The second kappa shape index (κ2) is 5.18. The Hall–Kier alpha value is -0.600. The maximum atomic E-state index is 3.82. The molecule has 0 amide bonds. The first kappa shape index (κ1) is 12.4. The molecule has 1 N–H and O–H groups in total. The van der Waals surface area contributed by atoms with E-state index in [-0.39, 0.29) is 0 Å². The Labute approximate surface area is 114 Å². The molecule has 2 bridgehead atoms. The van der Waals surface area contributed by atoms with Crippen LogP contribution in [0.5, 0.6) is 0 Å². The van der Waals surface area contributed by atoms with Gasteiger partial charge in [-0.3, -0.25) is 0 Å². The molecule has 0 spiro atoms. The van der Waals surface area contributed by atoms with Gasteiger partial charge in [-0.15, -0.1) is 0 Å². The van der Waals surface area contributed by atoms with Crippen LogP contribution in [0.1, 0.15) is 32.3 Å². The minimum absolute atomic E-state index is 0.581. The van der Waals surface area contributed by atoms with Gasteiger partial charge in [0.15, 0.2) is 0 Å². The smallest absolute Gasteiger partial charge is 0.00820 e. The fraction of sp³-hybridized carbons (Fsp3) is 0.625. The zero-order chi connectivity index (χ0) is 12.5. The van der Waals surface area contributed by atoms with E-state index in [0.717, 1.165) is 24.2 Å². The Morgan fingerprint density at radius 1 is 1.33 bits per heavy atom. The lowest BCUT2D eigenvalue weighted by molar-refractivity contribution is 0.305. The van der Waals surface area contributed by atoms with Gasteiger partial charge in [-0.25, -0.2) is 0 Å². The summed E-state index contributed by atoms with van der Waals surface area (Å²) in [5, 5.41) is 8.26. The molecule has 1 fully saturated rings. The quantitative estimate of drug-likeness (QED) is 0.793. The predicted molar refractivity (Wildman–Crippen MR) is 78.9 cm³/mol. The van der Waals surface area contributed by atoms with Crippen molar-refractivity contribution in [2.45, 2.75) is 45.2 Å². The molecule has 0 aromatic carbocycles. The third-order valence-corrected chi connectivity index (χ3v) is 5.37. The van der Waals surface area contributed by atoms with E-state index in [0.29, 0.717) is 12.1 Å². The van der Waals surface area contributed by atoms with Gasteiger partial charge in [-0.05, 0) is 73.3 Å². The van der Waals surface area contributed by atoms with Crippen molar-refractivity contribution in [3.63, 3.8) is 0 Å². The summed E-state index contributed by atoms with van der Waals surface area (Å²) in [6.45, 7) is 4.69. The van der Waals surface area contributed by atoms with Gasteiger partial charge >= 0.3 is 0 Å². The van der Waals surface area contributed by atoms with E-state index in [1.807, 2.05) is 0 Å². The first-order valence-electron chi connectivity index (χ1n) is 7.18. The van der Waals surface area contributed by atoms with Gasteiger partial charge in [0.1, 0.15) is 0 Å². The van der Waals surface area contributed by atoms with Crippen LogP contribution in [0.3, 0.4) is 0 Å². The van der Waals surface area contributed by atoms with Crippen molar-refractivity contribution < 1.29 is 0 Å². The molecular weight excluding hydrogens is 238 g/mol. The van der Waals surface area contributed by atoms with Crippen LogP contribution in [0.4, 0.5) is 0 Å². The second-order valence-corrected chi connectivity index (χ2v) is 6.92. The number of allylic oxidation sites excluding steroid dienone is 2. The van der Waals surface area contributed by atoms with Gasteiger partial charge in [0.25, 0.3) is 0 Å². The van der Waals surface area contributed by atoms with Crippen molar-refractivity contribution in [1.29, 1.82) is 0 Å². The molecule has 1 aromatic heterocycles. The van der Waals surface area contributed by atoms with Gasteiger partial charge in [0, 0.05) is 12.1 Å². The Morgan fingerprint density at radius 2 is 2.22 bits per heavy atom. The lowest BCUT2D eigenvalue weighted by Gasteiger charge is -2.29. The van der Waals surface area contributed by atoms with Gasteiger partial charge in [0.05, 0.1) is 0 Å². The summed E-state index contributed by atoms with van der Waals surface area (Å²) in [6.07, 6.45) is 8.86. The maximum absolute atomic E-state index is 3.82. The highest BCUT2D eigenvalue weighted by Crippen LogP contribution is 2.44. The number of nitrogens with one attached hydrogen (secondary N) is 1. The second-order valence-electron chi connectivity index (χ2n) is 6.14. The number of hydrogen-bond acceptors (Lipinski definition) is 2. The summed E-state index contributed by atoms with van der Waals surface area (Å²) >= 11 is 1.80. The van der Waals surface area contributed by atoms with Crippen LogP contribution in [0.25, 0.3) is 0 Å². The summed E-state index contributed by atoms with van der Waals surface area (Å²) in [5.74, 6) is 2.60. The van der Waals surface area contributed by atoms with E-state index in [4.69, 9.17) is 0 Å². The maximum Gasteiger partial charge on any atom is 0.00820 e. The average Bonchev–Trinajstić information content (AvgIpc) is 3.04. The molecule has 0 radical (unpaired) electrons. The molecule has 1 saturated carbocycles. The Bertz CT molecular complexity index is 409. The molecule has 2 heteroatoms. The summed E-state index contributed by atoms with van der Waals surface area (Å²) in [6, 6.07) is 3.48. The van der Waals surface area contributed by atoms with Crippen LogP contribution in [0.15, 0.2) is 29.0 Å². The third-order valence-electron chi connectivity index (χ3n) is 4.64. The van der Waals surface area contributed by atoms with Crippen LogP contribution >= 0.6 is 11.3 Å². The molecule has 18 heavy (non-hydrogen) atoms. The van der Waals surface area contributed by atoms with Crippen LogP contribution in [-0.2, 0) is 6.42 Å². The lowest BCUT2D eigenvalue weighted by Crippen LogP contribution is -2.41. The Balaban J connectivity index is 1.51. The molecule has 3 rings (SSSR count). The largest absolute Gasteiger partial charge is 0.311 e. The van der Waals surface area contributed by atoms with Crippen molar-refractivity contribution in [2.24, 2.45) is 17.8 Å². The molecule has 5 atom stereocenters. The van der Waals surface area contributed by atoms with Crippen molar-refractivity contribution in [3.05, 3.63) is 34.5 Å². The molecule has 1 heterocycles. The standard InChI is InChI=1S/C16H23NS/c1-11(7-14-5-6-18-10-14)17-12(2)16-9-13-3-4-15(16)8-13/h3-6,10-13,15-17H,7-9H2,1-2H3. The van der Waals surface area contributed by atoms with Crippen LogP contribution in [0.2, 0.25) is 0 Å². The van der Waals surface area contributed by atoms with Crippen molar-refractivity contribution in [3.8, 4) is 0 Å². The number of rotatable bonds is 5. The Kier molecular flexibility index (Phi) is 3.58. The molecule has 1 nitrogen and oxygen atoms in total. The molecule has 0 saturated heterocycles. The van der Waals surface area contributed by atoms with E-state index in [2.05, 4.69) is 48.1 Å². The van der Waals surface area contributed by atoms with Gasteiger partial charge in [0.2, 0.25) is 0 Å². The zero-order valence-electron chi connectivity index (χ0n) is 11.3. The molecule has 98 valence electrons. The van der Waals surface area contributed by atoms with E-state index in [1.54, 1.807) is 11.3 Å². The minimum Gasteiger partial charge on any atom is -0.311 e. The molecule has 2 aliphatic rings. The van der Waals surface area contributed by atoms with Crippen molar-refractivity contribution in [1.82, 2.24) is 5.32 Å². The van der Waals surface area contributed by atoms with Crippen LogP contribution in [0, 0.1) is 17.8 Å². The minimum atomic E-state index is 0.581. The van der Waals surface area contributed by atoms with E-state index in [1.165, 1.54) is 18.4 Å². The molecule has 5 unspecified atom stereocenters. The molecular formula is C16H23NS. The lowest BCUT2D eigenvalue weighted by atomic mass is 9.87. The number of hydrogen-bond donors (Lipinski definition) is 1. The Morgan fingerprint density at radius 3 is 2.83 bits per heavy atom. The number of thiophene rings is 1. The fourth-order valence-electron chi connectivity index (χ4n) is 3.79. The first-order chi connectivity index (χ1) is 8.72. The zero-order valence-corrected chi connectivity index (χ0v) is 12.1. The van der Waals surface area contributed by atoms with E-state index in [9.17, 15) is 0 Å². The molecule has 0 aliphatic heterocycles. The van der Waals surface area contributed by atoms with Crippen molar-refractivity contribution >= 4 is 11.3 Å². The van der Waals surface area contributed by atoms with Gasteiger partial charge < -0.3 is 5.32 Å². The highest BCUT2D eigenvalue weighted by molar-refractivity contribution is 7.07. The molecule has 2 aliphatic carbocycles. The van der Waals surface area contributed by atoms with Gasteiger partial charge in [-0.2, -0.15) is 11.3 Å². The topological polar surface area (TPSA) is 12.0 Å². The van der Waals surface area contributed by atoms with Crippen molar-refractivity contribution in [2.75, 3.05) is 0 Å². The third kappa shape index (κ3) is 2.55. The van der Waals surface area contributed by atoms with Crippen LogP contribution < -0.4 is 5.32 Å². The normalized spacial score (nSPS) is 32.9. The summed E-state index contributed by atoms with van der Waals surface area (Å²) in [7, 11) is 0. The van der Waals surface area contributed by atoms with Gasteiger partial charge in [-0.1, -0.05) is 12.2 Å². The highest BCUT2D eigenvalue weighted by Gasteiger charge is 2.38. The van der Waals surface area contributed by atoms with E-state index < -0.39 is 0 Å². The average molecular weight is 261 g/mol. The predicted octanol–water partition coefficient (Wildman–Crippen LogP) is 3.87. The highest BCUT2D eigenvalue weighted by atomic mass is 32.1. The summed E-state index contributed by atoms with van der Waals surface area (Å²) in [4.78, 5) is 0. The van der Waals surface area contributed by atoms with E-state index >= 15 is 0 Å². The fourth-order valence-corrected chi connectivity index (χ4v) is 4.47. The van der Waals surface area contributed by atoms with Crippen LogP contribution in [-0.4, -0.2) is 12.1 Å². The SMILES string of the molecule is CC(Cc1ccsc1)NC(C)C1CC2C=CC1C2. The molecule has 1 aromatic rings. The first-order valence-corrected chi connectivity index (χ1v) is 8.12.